The van der Waals surface area contributed by atoms with Crippen molar-refractivity contribution in [2.75, 3.05) is 5.32 Å². The number of carbonyl (C=O) groups is 1. The first-order valence-corrected chi connectivity index (χ1v) is 10.2. The van der Waals surface area contributed by atoms with Crippen LogP contribution in [0.1, 0.15) is 17.5 Å². The minimum absolute atomic E-state index is 0.144. The van der Waals surface area contributed by atoms with Gasteiger partial charge in [-0.1, -0.05) is 24.3 Å². The van der Waals surface area contributed by atoms with Crippen molar-refractivity contribution in [2.45, 2.75) is 26.8 Å². The number of anilines is 1. The number of para-hydroxylation sites is 1. The highest BCUT2D eigenvalue weighted by atomic mass is 32.1. The SMILES string of the molecule is Cc1ccc(-c2csc(NC(=O)CCn3cnc4ccccc4c3=O)n2)cc1C. The number of nitrogens with one attached hydrogen (secondary N) is 1. The lowest BCUT2D eigenvalue weighted by Crippen LogP contribution is -2.23. The molecule has 7 heteroatoms. The van der Waals surface area contributed by atoms with Crippen molar-refractivity contribution in [1.29, 1.82) is 0 Å². The molecule has 146 valence electrons. The van der Waals surface area contributed by atoms with Gasteiger partial charge in [0.1, 0.15) is 0 Å². The Balaban J connectivity index is 1.42. The van der Waals surface area contributed by atoms with Crippen molar-refractivity contribution in [1.82, 2.24) is 14.5 Å². The third-order valence-electron chi connectivity index (χ3n) is 4.86. The van der Waals surface area contributed by atoms with Crippen LogP contribution in [0.3, 0.4) is 0 Å². The Kier molecular flexibility index (Phi) is 5.22. The number of benzene rings is 2. The second kappa shape index (κ2) is 7.97. The third-order valence-corrected chi connectivity index (χ3v) is 5.62. The topological polar surface area (TPSA) is 76.9 Å². The minimum Gasteiger partial charge on any atom is -0.302 e. The Morgan fingerprint density at radius 1 is 1.14 bits per heavy atom. The summed E-state index contributed by atoms with van der Waals surface area (Å²) in [5.41, 5.74) is 4.81. The minimum atomic E-state index is -0.189. The van der Waals surface area contributed by atoms with Crippen LogP contribution < -0.4 is 10.9 Å². The van der Waals surface area contributed by atoms with Crippen molar-refractivity contribution < 1.29 is 4.79 Å². The van der Waals surface area contributed by atoms with Crippen LogP contribution in [0.25, 0.3) is 22.2 Å². The molecule has 2 heterocycles. The van der Waals surface area contributed by atoms with E-state index in [1.165, 1.54) is 33.4 Å². The molecule has 1 N–H and O–H groups in total. The molecule has 0 aliphatic rings. The number of fused-ring (bicyclic) bond motifs is 1. The van der Waals surface area contributed by atoms with Crippen molar-refractivity contribution in [3.05, 3.63) is 75.7 Å². The first kappa shape index (κ1) is 19.0. The van der Waals surface area contributed by atoms with Gasteiger partial charge in [-0.3, -0.25) is 14.2 Å². The lowest BCUT2D eigenvalue weighted by atomic mass is 10.1. The predicted molar refractivity (Wildman–Crippen MR) is 116 cm³/mol. The molecule has 0 saturated carbocycles. The zero-order chi connectivity index (χ0) is 20.4. The fraction of sp³-hybridized carbons (Fsp3) is 0.182. The summed E-state index contributed by atoms with van der Waals surface area (Å²) in [6.45, 7) is 4.40. The van der Waals surface area contributed by atoms with E-state index in [0.29, 0.717) is 16.0 Å². The maximum absolute atomic E-state index is 12.5. The molecule has 0 fully saturated rings. The molecule has 1 amide bonds. The fourth-order valence-corrected chi connectivity index (χ4v) is 3.77. The summed E-state index contributed by atoms with van der Waals surface area (Å²) >= 11 is 1.39. The van der Waals surface area contributed by atoms with E-state index < -0.39 is 0 Å². The molecule has 29 heavy (non-hydrogen) atoms. The van der Waals surface area contributed by atoms with Crippen molar-refractivity contribution in [3.63, 3.8) is 0 Å². The molecule has 2 aromatic carbocycles. The Bertz CT molecular complexity index is 1260. The third kappa shape index (κ3) is 4.09. The molecule has 2 aromatic heterocycles. The molecule has 0 saturated heterocycles. The molecule has 0 spiro atoms. The van der Waals surface area contributed by atoms with E-state index in [1.807, 2.05) is 17.5 Å². The highest BCUT2D eigenvalue weighted by Crippen LogP contribution is 2.26. The Morgan fingerprint density at radius 3 is 2.79 bits per heavy atom. The Hall–Kier alpha value is -3.32. The van der Waals surface area contributed by atoms with Crippen molar-refractivity contribution in [3.8, 4) is 11.3 Å². The van der Waals surface area contributed by atoms with E-state index in [4.69, 9.17) is 0 Å². The van der Waals surface area contributed by atoms with Gasteiger partial charge in [-0.25, -0.2) is 9.97 Å². The van der Waals surface area contributed by atoms with Gasteiger partial charge in [0, 0.05) is 23.9 Å². The average Bonchev–Trinajstić information content (AvgIpc) is 3.18. The number of hydrogen-bond acceptors (Lipinski definition) is 5. The number of aromatic nitrogens is 3. The summed E-state index contributed by atoms with van der Waals surface area (Å²) in [7, 11) is 0. The van der Waals surface area contributed by atoms with Crippen LogP contribution in [-0.4, -0.2) is 20.4 Å². The zero-order valence-corrected chi connectivity index (χ0v) is 17.0. The summed E-state index contributed by atoms with van der Waals surface area (Å²) in [5.74, 6) is -0.189. The molecular weight excluding hydrogens is 384 g/mol. The average molecular weight is 404 g/mol. The van der Waals surface area contributed by atoms with E-state index in [2.05, 4.69) is 41.3 Å². The van der Waals surface area contributed by atoms with Gasteiger partial charge >= 0.3 is 0 Å². The maximum Gasteiger partial charge on any atom is 0.261 e. The maximum atomic E-state index is 12.5. The van der Waals surface area contributed by atoms with Gasteiger partial charge in [0.15, 0.2) is 5.13 Å². The van der Waals surface area contributed by atoms with Crippen molar-refractivity contribution in [2.24, 2.45) is 0 Å². The van der Waals surface area contributed by atoms with E-state index in [1.54, 1.807) is 18.2 Å². The van der Waals surface area contributed by atoms with E-state index in [0.717, 1.165) is 11.3 Å². The van der Waals surface area contributed by atoms with Crippen LogP contribution >= 0.6 is 11.3 Å². The number of nitrogens with zero attached hydrogens (tertiary/aromatic N) is 3. The van der Waals surface area contributed by atoms with Gasteiger partial charge in [0.05, 0.1) is 22.9 Å². The second-order valence-electron chi connectivity index (χ2n) is 6.90. The van der Waals surface area contributed by atoms with Crippen LogP contribution in [0.5, 0.6) is 0 Å². The standard InChI is InChI=1S/C22H20N4O2S/c1-14-7-8-16(11-15(14)2)19-12-29-22(24-19)25-20(27)9-10-26-13-23-18-6-4-3-5-17(18)21(26)28/h3-8,11-13H,9-10H2,1-2H3,(H,24,25,27). The quantitative estimate of drug-likeness (QED) is 0.542. The summed E-state index contributed by atoms with van der Waals surface area (Å²) < 4.78 is 1.46. The fourth-order valence-electron chi connectivity index (χ4n) is 3.03. The van der Waals surface area contributed by atoms with Gasteiger partial charge in [0.25, 0.3) is 5.56 Å². The van der Waals surface area contributed by atoms with Crippen LogP contribution in [0.2, 0.25) is 0 Å². The van der Waals surface area contributed by atoms with E-state index in [9.17, 15) is 9.59 Å². The number of rotatable bonds is 5. The number of amides is 1. The zero-order valence-electron chi connectivity index (χ0n) is 16.2. The van der Waals surface area contributed by atoms with Crippen LogP contribution in [0, 0.1) is 13.8 Å². The van der Waals surface area contributed by atoms with Crippen LogP contribution in [0.4, 0.5) is 5.13 Å². The first-order chi connectivity index (χ1) is 14.0. The second-order valence-corrected chi connectivity index (χ2v) is 7.75. The summed E-state index contributed by atoms with van der Waals surface area (Å²) in [6.07, 6.45) is 1.65. The molecule has 0 aliphatic carbocycles. The Morgan fingerprint density at radius 2 is 1.97 bits per heavy atom. The molecule has 0 unspecified atom stereocenters. The van der Waals surface area contributed by atoms with Crippen LogP contribution in [-0.2, 0) is 11.3 Å². The molecule has 0 bridgehead atoms. The largest absolute Gasteiger partial charge is 0.302 e. The van der Waals surface area contributed by atoms with Crippen LogP contribution in [0.15, 0.2) is 59.0 Å². The monoisotopic (exact) mass is 404 g/mol. The highest BCUT2D eigenvalue weighted by molar-refractivity contribution is 7.14. The Labute approximate surface area is 171 Å². The lowest BCUT2D eigenvalue weighted by Gasteiger charge is -2.06. The van der Waals surface area contributed by atoms with Gasteiger partial charge < -0.3 is 5.32 Å². The van der Waals surface area contributed by atoms with E-state index >= 15 is 0 Å². The normalized spacial score (nSPS) is 11.0. The summed E-state index contributed by atoms with van der Waals surface area (Å²) in [6, 6.07) is 13.4. The molecular formula is C22H20N4O2S. The molecule has 0 atom stereocenters. The van der Waals surface area contributed by atoms with Gasteiger partial charge in [-0.15, -0.1) is 11.3 Å². The molecule has 0 radical (unpaired) electrons. The smallest absolute Gasteiger partial charge is 0.261 e. The molecule has 6 nitrogen and oxygen atoms in total. The number of hydrogen-bond donors (Lipinski definition) is 1. The van der Waals surface area contributed by atoms with Gasteiger partial charge in [0.2, 0.25) is 5.91 Å². The predicted octanol–water partition coefficient (Wildman–Crippen LogP) is 4.17. The van der Waals surface area contributed by atoms with Gasteiger partial charge in [-0.2, -0.15) is 0 Å². The number of carbonyl (C=O) groups excluding carboxylic acids is 1. The summed E-state index contributed by atoms with van der Waals surface area (Å²) in [5, 5.41) is 5.84. The molecule has 4 rings (SSSR count). The number of thiazole rings is 1. The van der Waals surface area contributed by atoms with E-state index in [-0.39, 0.29) is 24.4 Å². The van der Waals surface area contributed by atoms with Crippen molar-refractivity contribution >= 4 is 33.3 Å². The first-order valence-electron chi connectivity index (χ1n) is 9.28. The summed E-state index contributed by atoms with van der Waals surface area (Å²) in [4.78, 5) is 33.6. The lowest BCUT2D eigenvalue weighted by molar-refractivity contribution is -0.116. The number of aryl methyl sites for hydroxylation is 3. The molecule has 4 aromatic rings. The molecule has 0 aliphatic heterocycles. The van der Waals surface area contributed by atoms with Gasteiger partial charge in [-0.05, 0) is 43.2 Å². The highest BCUT2D eigenvalue weighted by Gasteiger charge is 2.10.